The Labute approximate surface area is 161 Å². The molecule has 2 aromatic carbocycles. The lowest BCUT2D eigenvalue weighted by Crippen LogP contribution is -2.30. The summed E-state index contributed by atoms with van der Waals surface area (Å²) in [6, 6.07) is 17.3. The van der Waals surface area contributed by atoms with Gasteiger partial charge < -0.3 is 9.26 Å². The largest absolute Gasteiger partial charge is 0.434 e. The zero-order valence-electron chi connectivity index (χ0n) is 15.3. The predicted octanol–water partition coefficient (Wildman–Crippen LogP) is 4.55. The van der Waals surface area contributed by atoms with Gasteiger partial charge in [-0.1, -0.05) is 47.6 Å². The van der Waals surface area contributed by atoms with Gasteiger partial charge in [0.2, 0.25) is 11.7 Å². The van der Waals surface area contributed by atoms with Gasteiger partial charge in [-0.05, 0) is 43.5 Å². The molecule has 3 aromatic rings. The highest BCUT2D eigenvalue weighted by Crippen LogP contribution is 2.29. The van der Waals surface area contributed by atoms with E-state index < -0.39 is 6.61 Å². The summed E-state index contributed by atoms with van der Waals surface area (Å²) < 4.78 is 35.2. The molecule has 0 aliphatic carbocycles. The lowest BCUT2D eigenvalue weighted by Gasteiger charge is -2.22. The summed E-state index contributed by atoms with van der Waals surface area (Å²) >= 11 is 0. The number of hydrogen-bond donors (Lipinski definition) is 0. The van der Waals surface area contributed by atoms with Crippen molar-refractivity contribution in [3.8, 4) is 17.1 Å². The molecule has 1 unspecified atom stereocenters. The van der Waals surface area contributed by atoms with Gasteiger partial charge in [-0.3, -0.25) is 4.90 Å². The minimum absolute atomic E-state index is 0.0352. The van der Waals surface area contributed by atoms with Crippen molar-refractivity contribution in [1.29, 1.82) is 0 Å². The number of benzene rings is 2. The maximum Gasteiger partial charge on any atom is 0.387 e. The molecule has 5 nitrogen and oxygen atoms in total. The van der Waals surface area contributed by atoms with Crippen LogP contribution in [0.15, 0.2) is 59.1 Å². The first-order chi connectivity index (χ1) is 13.7. The average Bonchev–Trinajstić information content (AvgIpc) is 3.33. The molecule has 28 heavy (non-hydrogen) atoms. The Morgan fingerprint density at radius 2 is 1.89 bits per heavy atom. The van der Waals surface area contributed by atoms with E-state index in [1.807, 2.05) is 6.07 Å². The third-order valence-corrected chi connectivity index (χ3v) is 4.96. The van der Waals surface area contributed by atoms with Crippen molar-refractivity contribution >= 4 is 0 Å². The molecule has 1 atom stereocenters. The van der Waals surface area contributed by atoms with E-state index in [-0.39, 0.29) is 11.6 Å². The third kappa shape index (κ3) is 4.36. The topological polar surface area (TPSA) is 51.4 Å². The van der Waals surface area contributed by atoms with Gasteiger partial charge in [0.15, 0.2) is 0 Å². The van der Waals surface area contributed by atoms with Crippen LogP contribution in [0.3, 0.4) is 0 Å². The quantitative estimate of drug-likeness (QED) is 0.597. The maximum absolute atomic E-state index is 12.6. The molecule has 0 bridgehead atoms. The fourth-order valence-corrected chi connectivity index (χ4v) is 3.67. The number of hydrogen-bond acceptors (Lipinski definition) is 5. The second-order valence-electron chi connectivity index (χ2n) is 6.84. The second-order valence-corrected chi connectivity index (χ2v) is 6.84. The van der Waals surface area contributed by atoms with E-state index in [0.29, 0.717) is 24.0 Å². The Balaban J connectivity index is 1.46. The van der Waals surface area contributed by atoms with E-state index in [4.69, 9.17) is 4.52 Å². The molecule has 0 N–H and O–H groups in total. The summed E-state index contributed by atoms with van der Waals surface area (Å²) in [6.07, 6.45) is 3.23. The summed E-state index contributed by atoms with van der Waals surface area (Å²) in [5.41, 5.74) is 1.70. The number of ether oxygens (including phenoxy) is 1. The second kappa shape index (κ2) is 8.48. The van der Waals surface area contributed by atoms with Gasteiger partial charge in [0.25, 0.3) is 0 Å². The van der Waals surface area contributed by atoms with Crippen LogP contribution in [0.5, 0.6) is 5.75 Å². The Hall–Kier alpha value is -2.80. The molecule has 0 saturated carbocycles. The third-order valence-electron chi connectivity index (χ3n) is 4.96. The van der Waals surface area contributed by atoms with Gasteiger partial charge in [-0.2, -0.15) is 13.8 Å². The Morgan fingerprint density at radius 3 is 2.71 bits per heavy atom. The molecule has 1 aromatic heterocycles. The fraction of sp³-hybridized carbons (Fsp3) is 0.333. The monoisotopic (exact) mass is 385 g/mol. The number of rotatable bonds is 7. The molecule has 0 spiro atoms. The Kier molecular flexibility index (Phi) is 5.62. The van der Waals surface area contributed by atoms with Crippen LogP contribution >= 0.6 is 0 Å². The Bertz CT molecular complexity index is 901. The van der Waals surface area contributed by atoms with Crippen molar-refractivity contribution in [2.24, 2.45) is 0 Å². The number of para-hydroxylation sites is 1. The molecular weight excluding hydrogens is 364 g/mol. The molecule has 7 heteroatoms. The molecular formula is C21H21F2N3O2. The van der Waals surface area contributed by atoms with Crippen LogP contribution in [-0.2, 0) is 13.0 Å². The molecule has 0 radical (unpaired) electrons. The maximum atomic E-state index is 12.6. The van der Waals surface area contributed by atoms with Crippen LogP contribution in [0, 0.1) is 0 Å². The van der Waals surface area contributed by atoms with E-state index in [1.54, 1.807) is 18.2 Å². The molecule has 1 fully saturated rings. The van der Waals surface area contributed by atoms with E-state index in [1.165, 1.54) is 11.6 Å². The molecule has 4 rings (SSSR count). The first-order valence-corrected chi connectivity index (χ1v) is 9.34. The normalized spacial score (nSPS) is 17.3. The van der Waals surface area contributed by atoms with E-state index in [9.17, 15) is 8.78 Å². The summed E-state index contributed by atoms with van der Waals surface area (Å²) in [7, 11) is 0. The molecule has 1 saturated heterocycles. The molecule has 1 aliphatic heterocycles. The van der Waals surface area contributed by atoms with Gasteiger partial charge in [0.1, 0.15) is 5.75 Å². The minimum atomic E-state index is -2.91. The number of aromatic nitrogens is 2. The number of likely N-dealkylation sites (tertiary alicyclic amines) is 1. The van der Waals surface area contributed by atoms with Crippen LogP contribution in [0.25, 0.3) is 11.4 Å². The van der Waals surface area contributed by atoms with E-state index >= 15 is 0 Å². The molecule has 1 aliphatic rings. The lowest BCUT2D eigenvalue weighted by molar-refractivity contribution is -0.0494. The summed E-state index contributed by atoms with van der Waals surface area (Å²) in [5.74, 6) is 0.764. The number of nitrogens with zero attached hydrogens (tertiary/aromatic N) is 3. The average molecular weight is 385 g/mol. The number of halogens is 2. The van der Waals surface area contributed by atoms with Crippen molar-refractivity contribution < 1.29 is 18.0 Å². The highest BCUT2D eigenvalue weighted by molar-refractivity contribution is 5.63. The number of alkyl halides is 2. The van der Waals surface area contributed by atoms with E-state index in [2.05, 4.69) is 44.0 Å². The summed E-state index contributed by atoms with van der Waals surface area (Å²) in [4.78, 5) is 6.75. The first kappa shape index (κ1) is 18.6. The van der Waals surface area contributed by atoms with Crippen molar-refractivity contribution in [1.82, 2.24) is 15.0 Å². The van der Waals surface area contributed by atoms with Crippen molar-refractivity contribution in [3.05, 3.63) is 66.1 Å². The standard InChI is InChI=1S/C21H21F2N3O2/c22-21(23)27-18-11-5-4-10-17(18)20-24-19(28-25-20)14-26-12-6-9-16(26)13-15-7-2-1-3-8-15/h1-5,7-8,10-11,16,21H,6,9,12-14H2. The zero-order valence-corrected chi connectivity index (χ0v) is 15.3. The summed E-state index contributed by atoms with van der Waals surface area (Å²) in [6.45, 7) is -1.39. The van der Waals surface area contributed by atoms with Crippen LogP contribution in [0.4, 0.5) is 8.78 Å². The molecule has 146 valence electrons. The van der Waals surface area contributed by atoms with Crippen LogP contribution in [-0.4, -0.2) is 34.2 Å². The van der Waals surface area contributed by atoms with Gasteiger partial charge in [-0.15, -0.1) is 0 Å². The predicted molar refractivity (Wildman–Crippen MR) is 99.9 cm³/mol. The lowest BCUT2D eigenvalue weighted by atomic mass is 10.0. The van der Waals surface area contributed by atoms with Gasteiger partial charge in [-0.25, -0.2) is 0 Å². The Morgan fingerprint density at radius 1 is 1.11 bits per heavy atom. The van der Waals surface area contributed by atoms with Crippen molar-refractivity contribution in [2.75, 3.05) is 6.54 Å². The van der Waals surface area contributed by atoms with Gasteiger partial charge in [0.05, 0.1) is 12.1 Å². The fourth-order valence-electron chi connectivity index (χ4n) is 3.67. The van der Waals surface area contributed by atoms with Gasteiger partial charge in [0, 0.05) is 6.04 Å². The van der Waals surface area contributed by atoms with Crippen molar-refractivity contribution in [3.63, 3.8) is 0 Å². The zero-order chi connectivity index (χ0) is 19.3. The smallest absolute Gasteiger partial charge is 0.387 e. The van der Waals surface area contributed by atoms with Crippen molar-refractivity contribution in [2.45, 2.75) is 38.5 Å². The molecule has 2 heterocycles. The highest BCUT2D eigenvalue weighted by atomic mass is 19.3. The summed E-state index contributed by atoms with van der Waals surface area (Å²) in [5, 5.41) is 3.97. The van der Waals surface area contributed by atoms with Crippen LogP contribution in [0.2, 0.25) is 0 Å². The molecule has 0 amide bonds. The minimum Gasteiger partial charge on any atom is -0.434 e. The van der Waals surface area contributed by atoms with E-state index in [0.717, 1.165) is 25.8 Å². The SMILES string of the molecule is FC(F)Oc1ccccc1-c1noc(CN2CCCC2Cc2ccccc2)n1. The van der Waals surface area contributed by atoms with Crippen LogP contribution < -0.4 is 4.74 Å². The highest BCUT2D eigenvalue weighted by Gasteiger charge is 2.26. The first-order valence-electron chi connectivity index (χ1n) is 9.34. The van der Waals surface area contributed by atoms with Crippen LogP contribution in [0.1, 0.15) is 24.3 Å². The van der Waals surface area contributed by atoms with Gasteiger partial charge >= 0.3 is 6.61 Å².